The molecular weight excluding hydrogens is 305 g/mol. The first-order valence-electron chi connectivity index (χ1n) is 6.81. The van der Waals surface area contributed by atoms with Crippen LogP contribution >= 0.6 is 0 Å². The van der Waals surface area contributed by atoms with Gasteiger partial charge in [-0.3, -0.25) is 0 Å². The molecule has 2 rings (SSSR count). The summed E-state index contributed by atoms with van der Waals surface area (Å²) >= 11 is -1.84. The Bertz CT molecular complexity index is 691. The average molecular weight is 326 g/mol. The predicted octanol–water partition coefficient (Wildman–Crippen LogP) is 3.58. The van der Waals surface area contributed by atoms with E-state index in [0.29, 0.717) is 5.69 Å². The summed E-state index contributed by atoms with van der Waals surface area (Å²) in [6.07, 6.45) is 2.14. The molecule has 0 spiro atoms. The first-order chi connectivity index (χ1) is 9.32. The number of pyridine rings is 1. The molecule has 0 amide bonds. The third kappa shape index (κ3) is 2.94. The van der Waals surface area contributed by atoms with Crippen LogP contribution in [0.1, 0.15) is 5.56 Å². The molecule has 0 N–H and O–H groups in total. The number of nitrogens with zero attached hydrogens (tertiary/aromatic N) is 2. The molecule has 0 atom stereocenters. The molecule has 0 aliphatic rings. The van der Waals surface area contributed by atoms with Crippen molar-refractivity contribution in [2.75, 3.05) is 0 Å². The Morgan fingerprint density at radius 1 is 1.10 bits per heavy atom. The minimum atomic E-state index is -1.84. The number of hydrogen-bond acceptors (Lipinski definition) is 0. The van der Waals surface area contributed by atoms with E-state index in [1.165, 1.54) is 15.7 Å². The zero-order valence-corrected chi connectivity index (χ0v) is 15.0. The molecule has 2 nitrogen and oxygen atoms in total. The molecular formula is C17H21GeN2+. The quantitative estimate of drug-likeness (QED) is 0.453. The number of aryl methyl sites for hydroxylation is 2. The van der Waals surface area contributed by atoms with Crippen LogP contribution in [0.3, 0.4) is 0 Å². The Labute approximate surface area is 124 Å². The maximum atomic E-state index is 7.20. The number of hydrogen-bond donors (Lipinski definition) is 0. The molecule has 0 saturated carbocycles. The summed E-state index contributed by atoms with van der Waals surface area (Å²) in [7, 11) is 2.07. The molecule has 0 fully saturated rings. The minimum absolute atomic E-state index is 0.702. The summed E-state index contributed by atoms with van der Waals surface area (Å²) in [4.78, 5) is 3.55. The Morgan fingerprint density at radius 3 is 2.40 bits per heavy atom. The van der Waals surface area contributed by atoms with E-state index in [1.807, 2.05) is 18.2 Å². The van der Waals surface area contributed by atoms with E-state index < -0.39 is 13.3 Å². The Hall–Kier alpha value is -1.60. The van der Waals surface area contributed by atoms with Gasteiger partial charge in [-0.05, 0) is 0 Å². The summed E-state index contributed by atoms with van der Waals surface area (Å²) in [6, 6.07) is 10.5. The molecule has 0 saturated heterocycles. The molecule has 1 aromatic heterocycles. The van der Waals surface area contributed by atoms with E-state index in [-0.39, 0.29) is 0 Å². The molecule has 0 unspecified atom stereocenters. The molecule has 0 bridgehead atoms. The molecule has 3 heteroatoms. The molecule has 1 aromatic carbocycles. The van der Waals surface area contributed by atoms with Crippen LogP contribution in [0.5, 0.6) is 0 Å². The van der Waals surface area contributed by atoms with Crippen molar-refractivity contribution in [1.29, 1.82) is 0 Å². The fraction of sp³-hybridized carbons (Fsp3) is 0.294. The van der Waals surface area contributed by atoms with Crippen molar-refractivity contribution in [3.05, 3.63) is 53.5 Å². The van der Waals surface area contributed by atoms with Crippen LogP contribution in [-0.2, 0) is 7.05 Å². The van der Waals surface area contributed by atoms with Crippen molar-refractivity contribution in [1.82, 2.24) is 0 Å². The second-order valence-electron chi connectivity index (χ2n) is 6.27. The second kappa shape index (κ2) is 5.42. The normalized spacial score (nSPS) is 11.2. The number of aromatic nitrogens is 1. The standard InChI is InChI=1S/C17H21GeN2/c1-13-7-8-15(19-5)12-16(13)17-11-14(18(2,3)4)9-10-20(17)6/h7-12H,1-4,6H3/q+1. The van der Waals surface area contributed by atoms with E-state index in [1.54, 1.807) is 0 Å². The predicted molar refractivity (Wildman–Crippen MR) is 87.0 cm³/mol. The van der Waals surface area contributed by atoms with Gasteiger partial charge < -0.3 is 0 Å². The third-order valence-corrected chi connectivity index (χ3v) is 7.93. The van der Waals surface area contributed by atoms with Gasteiger partial charge in [0.2, 0.25) is 0 Å². The Morgan fingerprint density at radius 2 is 1.80 bits per heavy atom. The molecule has 20 heavy (non-hydrogen) atoms. The fourth-order valence-electron chi connectivity index (χ4n) is 2.26. The monoisotopic (exact) mass is 327 g/mol. The molecule has 1 heterocycles. The van der Waals surface area contributed by atoms with Gasteiger partial charge in [0.05, 0.1) is 0 Å². The van der Waals surface area contributed by atoms with E-state index in [9.17, 15) is 0 Å². The third-order valence-electron chi connectivity index (χ3n) is 3.64. The van der Waals surface area contributed by atoms with E-state index in [0.717, 1.165) is 5.56 Å². The van der Waals surface area contributed by atoms with Crippen molar-refractivity contribution in [2.24, 2.45) is 7.05 Å². The van der Waals surface area contributed by atoms with E-state index >= 15 is 0 Å². The average Bonchev–Trinajstić information content (AvgIpc) is 2.39. The van der Waals surface area contributed by atoms with Crippen molar-refractivity contribution >= 4 is 23.3 Å². The molecule has 2 aromatic rings. The van der Waals surface area contributed by atoms with Crippen LogP contribution in [-0.4, -0.2) is 13.3 Å². The fourth-order valence-corrected chi connectivity index (χ4v) is 4.66. The van der Waals surface area contributed by atoms with Crippen molar-refractivity contribution in [2.45, 2.75) is 24.2 Å². The van der Waals surface area contributed by atoms with E-state index in [2.05, 4.69) is 59.0 Å². The summed E-state index contributed by atoms with van der Waals surface area (Å²) in [5, 5.41) is 0. The van der Waals surface area contributed by atoms with Crippen LogP contribution in [0.15, 0.2) is 36.5 Å². The summed E-state index contributed by atoms with van der Waals surface area (Å²) in [6.45, 7) is 9.30. The Balaban J connectivity index is 2.67. The van der Waals surface area contributed by atoms with Crippen molar-refractivity contribution in [3.63, 3.8) is 0 Å². The Kier molecular flexibility index (Phi) is 4.01. The van der Waals surface area contributed by atoms with Crippen molar-refractivity contribution < 1.29 is 4.57 Å². The second-order valence-corrected chi connectivity index (χ2v) is 16.9. The zero-order chi connectivity index (χ0) is 14.9. The van der Waals surface area contributed by atoms with Gasteiger partial charge in [-0.15, -0.1) is 0 Å². The SMILES string of the molecule is [C-]#[N+]c1ccc(C)c(-c2c[c]([Ge]([CH3])([CH3])[CH3])cc[n+]2C)c1. The van der Waals surface area contributed by atoms with Crippen LogP contribution in [0.2, 0.25) is 17.3 Å². The van der Waals surface area contributed by atoms with Gasteiger partial charge >= 0.3 is 124 Å². The topological polar surface area (TPSA) is 8.24 Å². The van der Waals surface area contributed by atoms with E-state index in [4.69, 9.17) is 6.57 Å². The van der Waals surface area contributed by atoms with Crippen LogP contribution in [0, 0.1) is 13.5 Å². The molecule has 0 radical (unpaired) electrons. The van der Waals surface area contributed by atoms with Crippen LogP contribution < -0.4 is 8.96 Å². The first kappa shape index (κ1) is 14.8. The van der Waals surface area contributed by atoms with Gasteiger partial charge in [-0.25, -0.2) is 0 Å². The molecule has 102 valence electrons. The van der Waals surface area contributed by atoms with Gasteiger partial charge in [0.25, 0.3) is 0 Å². The van der Waals surface area contributed by atoms with Crippen LogP contribution in [0.4, 0.5) is 5.69 Å². The summed E-state index contributed by atoms with van der Waals surface area (Å²) < 4.78 is 3.64. The van der Waals surface area contributed by atoms with Gasteiger partial charge in [0.15, 0.2) is 0 Å². The van der Waals surface area contributed by atoms with Gasteiger partial charge in [-0.1, -0.05) is 0 Å². The molecule has 0 aliphatic carbocycles. The zero-order valence-electron chi connectivity index (χ0n) is 12.9. The number of benzene rings is 1. The summed E-state index contributed by atoms with van der Waals surface area (Å²) in [5.74, 6) is 7.21. The maximum absolute atomic E-state index is 7.20. The first-order valence-corrected chi connectivity index (χ1v) is 14.2. The van der Waals surface area contributed by atoms with Gasteiger partial charge in [0.1, 0.15) is 0 Å². The van der Waals surface area contributed by atoms with Gasteiger partial charge in [-0.2, -0.15) is 0 Å². The number of rotatable bonds is 2. The molecule has 0 aliphatic heterocycles. The van der Waals surface area contributed by atoms with Crippen LogP contribution in [0.25, 0.3) is 16.1 Å². The van der Waals surface area contributed by atoms with Gasteiger partial charge in [0, 0.05) is 0 Å². The van der Waals surface area contributed by atoms with Crippen molar-refractivity contribution in [3.8, 4) is 11.3 Å². The summed E-state index contributed by atoms with van der Waals surface area (Å²) in [5.41, 5.74) is 4.28.